The van der Waals surface area contributed by atoms with E-state index in [9.17, 15) is 4.79 Å². The molecule has 0 unspecified atom stereocenters. The highest BCUT2D eigenvalue weighted by Gasteiger charge is 2.26. The zero-order valence-electron chi connectivity index (χ0n) is 12.3. The molecule has 0 bridgehead atoms. The summed E-state index contributed by atoms with van der Waals surface area (Å²) in [6.45, 7) is 8.95. The van der Waals surface area contributed by atoms with Crippen molar-refractivity contribution < 1.29 is 9.53 Å². The Bertz CT molecular complexity index is 428. The van der Waals surface area contributed by atoms with Crippen LogP contribution in [0.5, 0.6) is 0 Å². The summed E-state index contributed by atoms with van der Waals surface area (Å²) in [5.74, 6) is -0.312. The first-order valence-electron chi connectivity index (χ1n) is 6.79. The largest absolute Gasteiger partial charge is 0.463 e. The number of ether oxygens (including phenoxy) is 1. The molecule has 0 aliphatic heterocycles. The van der Waals surface area contributed by atoms with Gasteiger partial charge in [-0.1, -0.05) is 41.4 Å². The van der Waals surface area contributed by atoms with Crippen molar-refractivity contribution in [3.63, 3.8) is 0 Å². The maximum atomic E-state index is 11.3. The van der Waals surface area contributed by atoms with Crippen LogP contribution in [0.4, 0.5) is 0 Å². The molecule has 19 heavy (non-hydrogen) atoms. The Morgan fingerprint density at radius 2 is 2.16 bits per heavy atom. The van der Waals surface area contributed by atoms with Gasteiger partial charge in [0, 0.05) is 10.6 Å². The summed E-state index contributed by atoms with van der Waals surface area (Å²) in [6.07, 6.45) is 9.16. The molecule has 1 aliphatic carbocycles. The fourth-order valence-corrected chi connectivity index (χ4v) is 2.84. The Balaban J connectivity index is 2.83. The Morgan fingerprint density at radius 3 is 2.74 bits per heavy atom. The molecule has 0 amide bonds. The molecule has 0 radical (unpaired) electrons. The summed E-state index contributed by atoms with van der Waals surface area (Å²) in [4.78, 5) is 11.3. The van der Waals surface area contributed by atoms with Crippen LogP contribution in [-0.2, 0) is 9.53 Å². The van der Waals surface area contributed by atoms with Crippen LogP contribution in [0.3, 0.4) is 0 Å². The van der Waals surface area contributed by atoms with Crippen LogP contribution in [0.15, 0.2) is 33.9 Å². The summed E-state index contributed by atoms with van der Waals surface area (Å²) in [6, 6.07) is 0. The molecule has 0 aromatic rings. The van der Waals surface area contributed by atoms with Crippen molar-refractivity contribution in [1.82, 2.24) is 0 Å². The smallest absolute Gasteiger partial charge is 0.331 e. The van der Waals surface area contributed by atoms with Crippen molar-refractivity contribution in [2.75, 3.05) is 6.61 Å². The van der Waals surface area contributed by atoms with Crippen LogP contribution in [-0.4, -0.2) is 12.6 Å². The molecular weight excluding hydrogens is 304 g/mol. The van der Waals surface area contributed by atoms with E-state index in [0.29, 0.717) is 6.61 Å². The van der Waals surface area contributed by atoms with Gasteiger partial charge in [0.2, 0.25) is 0 Å². The van der Waals surface area contributed by atoms with E-state index in [4.69, 9.17) is 4.74 Å². The average Bonchev–Trinajstić information content (AvgIpc) is 2.27. The summed E-state index contributed by atoms with van der Waals surface area (Å²) in [5, 5.41) is 0. The van der Waals surface area contributed by atoms with Gasteiger partial charge in [-0.25, -0.2) is 4.79 Å². The third-order valence-corrected chi connectivity index (χ3v) is 3.99. The molecule has 0 heterocycles. The third kappa shape index (κ3) is 4.98. The SMILES string of the molecule is CCOC(=O)/C=C(Br)/C=C/C1=C(C)CCCC1(C)C. The highest BCUT2D eigenvalue weighted by molar-refractivity contribution is 9.11. The molecule has 0 fully saturated rings. The monoisotopic (exact) mass is 326 g/mol. The quantitative estimate of drug-likeness (QED) is 0.416. The normalized spacial score (nSPS) is 19.9. The predicted molar refractivity (Wildman–Crippen MR) is 83.1 cm³/mol. The van der Waals surface area contributed by atoms with Crippen LogP contribution < -0.4 is 0 Å². The molecule has 3 heteroatoms. The molecule has 0 spiro atoms. The van der Waals surface area contributed by atoms with Crippen molar-refractivity contribution in [3.8, 4) is 0 Å². The van der Waals surface area contributed by atoms with Gasteiger partial charge in [-0.05, 0) is 50.2 Å². The van der Waals surface area contributed by atoms with Gasteiger partial charge in [0.05, 0.1) is 6.61 Å². The molecule has 0 atom stereocenters. The van der Waals surface area contributed by atoms with E-state index in [0.717, 1.165) is 4.48 Å². The minimum atomic E-state index is -0.312. The molecule has 0 N–H and O–H groups in total. The maximum Gasteiger partial charge on any atom is 0.331 e. The first-order valence-corrected chi connectivity index (χ1v) is 7.58. The number of allylic oxidation sites excluding steroid dienone is 5. The minimum absolute atomic E-state index is 0.218. The predicted octanol–water partition coefficient (Wildman–Crippen LogP) is 4.91. The van der Waals surface area contributed by atoms with Gasteiger partial charge in [0.25, 0.3) is 0 Å². The van der Waals surface area contributed by atoms with Crippen molar-refractivity contribution in [2.24, 2.45) is 5.41 Å². The second-order valence-corrected chi connectivity index (χ2v) is 6.46. The topological polar surface area (TPSA) is 26.3 Å². The van der Waals surface area contributed by atoms with Crippen molar-refractivity contribution >= 4 is 21.9 Å². The summed E-state index contributed by atoms with van der Waals surface area (Å²) in [5.41, 5.74) is 3.05. The molecule has 0 aromatic carbocycles. The lowest BCUT2D eigenvalue weighted by atomic mass is 9.73. The second-order valence-electron chi connectivity index (χ2n) is 5.55. The van der Waals surface area contributed by atoms with Crippen LogP contribution >= 0.6 is 15.9 Å². The molecule has 1 rings (SSSR count). The first-order chi connectivity index (χ1) is 8.86. The number of esters is 1. The number of carbonyl (C=O) groups is 1. The zero-order chi connectivity index (χ0) is 14.5. The lowest BCUT2D eigenvalue weighted by Gasteiger charge is -2.32. The van der Waals surface area contributed by atoms with E-state index in [2.05, 4.69) is 42.8 Å². The lowest BCUT2D eigenvalue weighted by molar-refractivity contribution is -0.137. The van der Waals surface area contributed by atoms with Gasteiger partial charge >= 0.3 is 5.97 Å². The van der Waals surface area contributed by atoms with E-state index >= 15 is 0 Å². The second kappa shape index (κ2) is 7.09. The standard InChI is InChI=1S/C16H23BrO2/c1-5-19-15(18)11-13(17)8-9-14-12(2)7-6-10-16(14,3)4/h8-9,11H,5-7,10H2,1-4H3/b9-8+,13-11-. The van der Waals surface area contributed by atoms with Crippen molar-refractivity contribution in [3.05, 3.63) is 33.9 Å². The highest BCUT2D eigenvalue weighted by Crippen LogP contribution is 2.40. The van der Waals surface area contributed by atoms with Gasteiger partial charge in [0.15, 0.2) is 0 Å². The summed E-state index contributed by atoms with van der Waals surface area (Å²) in [7, 11) is 0. The molecule has 0 saturated heterocycles. The van der Waals surface area contributed by atoms with Crippen LogP contribution in [0, 0.1) is 5.41 Å². The first kappa shape index (κ1) is 16.2. The highest BCUT2D eigenvalue weighted by atomic mass is 79.9. The van der Waals surface area contributed by atoms with Gasteiger partial charge in [-0.3, -0.25) is 0 Å². The number of hydrogen-bond donors (Lipinski definition) is 0. The number of carbonyl (C=O) groups excluding carboxylic acids is 1. The number of rotatable bonds is 4. The zero-order valence-corrected chi connectivity index (χ0v) is 13.8. The number of halogens is 1. The van der Waals surface area contributed by atoms with Gasteiger partial charge in [0.1, 0.15) is 0 Å². The molecule has 106 valence electrons. The van der Waals surface area contributed by atoms with E-state index < -0.39 is 0 Å². The van der Waals surface area contributed by atoms with E-state index in [-0.39, 0.29) is 11.4 Å². The third-order valence-electron chi connectivity index (χ3n) is 3.49. The van der Waals surface area contributed by atoms with Gasteiger partial charge in [-0.15, -0.1) is 0 Å². The van der Waals surface area contributed by atoms with Gasteiger partial charge < -0.3 is 4.74 Å². The van der Waals surface area contributed by atoms with Crippen LogP contribution in [0.25, 0.3) is 0 Å². The Labute approximate surface area is 124 Å². The summed E-state index contributed by atoms with van der Waals surface area (Å²) >= 11 is 3.38. The molecular formula is C16H23BrO2. The fraction of sp³-hybridized carbons (Fsp3) is 0.562. The Morgan fingerprint density at radius 1 is 1.47 bits per heavy atom. The van der Waals surface area contributed by atoms with E-state index in [1.807, 2.05) is 6.08 Å². The molecule has 2 nitrogen and oxygen atoms in total. The van der Waals surface area contributed by atoms with Crippen LogP contribution in [0.1, 0.15) is 47.0 Å². The molecule has 0 aromatic heterocycles. The minimum Gasteiger partial charge on any atom is -0.463 e. The van der Waals surface area contributed by atoms with Crippen molar-refractivity contribution in [1.29, 1.82) is 0 Å². The van der Waals surface area contributed by atoms with Crippen molar-refractivity contribution in [2.45, 2.75) is 47.0 Å². The van der Waals surface area contributed by atoms with E-state index in [1.165, 1.54) is 36.5 Å². The Kier molecular flexibility index (Phi) is 6.05. The van der Waals surface area contributed by atoms with Crippen LogP contribution in [0.2, 0.25) is 0 Å². The van der Waals surface area contributed by atoms with E-state index in [1.54, 1.807) is 6.92 Å². The summed E-state index contributed by atoms with van der Waals surface area (Å²) < 4.78 is 5.62. The lowest BCUT2D eigenvalue weighted by Crippen LogP contribution is -2.19. The Hall–Kier alpha value is -0.830. The maximum absolute atomic E-state index is 11.3. The number of hydrogen-bond acceptors (Lipinski definition) is 2. The average molecular weight is 327 g/mol. The fourth-order valence-electron chi connectivity index (χ4n) is 2.52. The molecule has 1 aliphatic rings. The molecule has 0 saturated carbocycles. The van der Waals surface area contributed by atoms with Gasteiger partial charge in [-0.2, -0.15) is 0 Å².